The van der Waals surface area contributed by atoms with Gasteiger partial charge in [0.05, 0.1) is 5.41 Å². The van der Waals surface area contributed by atoms with Crippen molar-refractivity contribution < 1.29 is 9.53 Å². The molecular formula is C13H16O2S3. The topological polar surface area (TPSA) is 26.3 Å². The van der Waals surface area contributed by atoms with E-state index in [9.17, 15) is 4.79 Å². The van der Waals surface area contributed by atoms with E-state index >= 15 is 0 Å². The second-order valence-electron chi connectivity index (χ2n) is 4.50. The number of rotatable bonds is 5. The monoisotopic (exact) mass is 300 g/mol. The maximum Gasteiger partial charge on any atom is 0.312 e. The molecule has 2 nitrogen and oxygen atoms in total. The smallest absolute Gasteiger partial charge is 0.312 e. The standard InChI is InChI=1S/C13H16O2S3/c1-13(2,9-18-12(16)17)11(14)15-8-10-6-4-3-5-7-10/h3-7H,8-9H2,1-2H3,(H,16,17). The highest BCUT2D eigenvalue weighted by Gasteiger charge is 2.29. The summed E-state index contributed by atoms with van der Waals surface area (Å²) >= 11 is 10.3. The zero-order chi connectivity index (χ0) is 13.6. The first-order chi connectivity index (χ1) is 8.42. The maximum atomic E-state index is 11.9. The number of benzene rings is 1. The van der Waals surface area contributed by atoms with Crippen molar-refractivity contribution in [3.63, 3.8) is 0 Å². The van der Waals surface area contributed by atoms with E-state index in [0.29, 0.717) is 15.9 Å². The molecule has 0 aliphatic rings. The molecule has 18 heavy (non-hydrogen) atoms. The molecule has 0 atom stereocenters. The SMILES string of the molecule is CC(C)(CSC(=S)S)C(=O)OCc1ccccc1. The molecule has 0 spiro atoms. The van der Waals surface area contributed by atoms with Crippen LogP contribution in [0.4, 0.5) is 0 Å². The lowest BCUT2D eigenvalue weighted by atomic mass is 9.97. The lowest BCUT2D eigenvalue weighted by Gasteiger charge is -2.21. The lowest BCUT2D eigenvalue weighted by Crippen LogP contribution is -2.29. The molecule has 0 unspecified atom stereocenters. The summed E-state index contributed by atoms with van der Waals surface area (Å²) in [5.41, 5.74) is 0.422. The highest BCUT2D eigenvalue weighted by Crippen LogP contribution is 2.25. The second kappa shape index (κ2) is 7.16. The predicted octanol–water partition coefficient (Wildman–Crippen LogP) is 3.70. The molecule has 0 aromatic heterocycles. The van der Waals surface area contributed by atoms with Crippen molar-refractivity contribution in [2.75, 3.05) is 5.75 Å². The van der Waals surface area contributed by atoms with Crippen LogP contribution in [0.1, 0.15) is 19.4 Å². The molecule has 0 saturated carbocycles. The first-order valence-electron chi connectivity index (χ1n) is 5.49. The number of ether oxygens (including phenoxy) is 1. The number of carbonyl (C=O) groups is 1. The van der Waals surface area contributed by atoms with Crippen LogP contribution < -0.4 is 0 Å². The van der Waals surface area contributed by atoms with Gasteiger partial charge in [-0.3, -0.25) is 4.79 Å². The number of esters is 1. The van der Waals surface area contributed by atoms with Gasteiger partial charge < -0.3 is 4.74 Å². The summed E-state index contributed by atoms with van der Waals surface area (Å²) in [6.07, 6.45) is 0. The van der Waals surface area contributed by atoms with Gasteiger partial charge >= 0.3 is 5.97 Å². The average molecular weight is 300 g/mol. The molecule has 0 aliphatic heterocycles. The van der Waals surface area contributed by atoms with Crippen LogP contribution in [0.5, 0.6) is 0 Å². The number of hydrogen-bond acceptors (Lipinski definition) is 4. The summed E-state index contributed by atoms with van der Waals surface area (Å²) in [6.45, 7) is 4.00. The third-order valence-electron chi connectivity index (χ3n) is 2.32. The largest absolute Gasteiger partial charge is 0.460 e. The van der Waals surface area contributed by atoms with Crippen molar-refractivity contribution in [1.29, 1.82) is 0 Å². The van der Waals surface area contributed by atoms with E-state index in [4.69, 9.17) is 17.0 Å². The van der Waals surface area contributed by atoms with Gasteiger partial charge in [-0.05, 0) is 19.4 Å². The van der Waals surface area contributed by atoms with Gasteiger partial charge in [0.15, 0.2) is 0 Å². The molecule has 0 fully saturated rings. The Morgan fingerprint density at radius 3 is 2.56 bits per heavy atom. The third-order valence-corrected chi connectivity index (χ3v) is 4.18. The Balaban J connectivity index is 2.46. The Kier molecular flexibility index (Phi) is 6.18. The number of thiocarbonyl (C=S) groups is 1. The van der Waals surface area contributed by atoms with Crippen molar-refractivity contribution >= 4 is 46.1 Å². The van der Waals surface area contributed by atoms with E-state index in [0.717, 1.165) is 5.56 Å². The Bertz CT molecular complexity index is 416. The Hall–Kier alpha value is -0.520. The third kappa shape index (κ3) is 5.42. The van der Waals surface area contributed by atoms with Gasteiger partial charge in [0, 0.05) is 5.75 Å². The molecule has 0 heterocycles. The van der Waals surface area contributed by atoms with Gasteiger partial charge in [-0.25, -0.2) is 0 Å². The van der Waals surface area contributed by atoms with Gasteiger partial charge in [0.1, 0.15) is 10.1 Å². The lowest BCUT2D eigenvalue weighted by molar-refractivity contribution is -0.154. The van der Waals surface area contributed by atoms with Crippen LogP contribution in [0.15, 0.2) is 30.3 Å². The molecule has 1 aromatic rings. The number of thiol groups is 1. The van der Waals surface area contributed by atoms with Crippen molar-refractivity contribution in [1.82, 2.24) is 0 Å². The zero-order valence-corrected chi connectivity index (χ0v) is 12.9. The summed E-state index contributed by atoms with van der Waals surface area (Å²) < 4.78 is 5.85. The van der Waals surface area contributed by atoms with E-state index in [1.807, 2.05) is 44.2 Å². The molecule has 1 aromatic carbocycles. The van der Waals surface area contributed by atoms with Crippen LogP contribution in [0.2, 0.25) is 0 Å². The van der Waals surface area contributed by atoms with Crippen molar-refractivity contribution in [2.24, 2.45) is 5.41 Å². The average Bonchev–Trinajstić information content (AvgIpc) is 2.35. The van der Waals surface area contributed by atoms with Crippen LogP contribution in [0.3, 0.4) is 0 Å². The molecule has 5 heteroatoms. The minimum atomic E-state index is -0.563. The van der Waals surface area contributed by atoms with E-state index in [2.05, 4.69) is 12.6 Å². The minimum Gasteiger partial charge on any atom is -0.460 e. The van der Waals surface area contributed by atoms with E-state index in [-0.39, 0.29) is 5.97 Å². The minimum absolute atomic E-state index is 0.219. The summed E-state index contributed by atoms with van der Waals surface area (Å²) in [7, 11) is 0. The molecule has 98 valence electrons. The van der Waals surface area contributed by atoms with Crippen LogP contribution in [-0.4, -0.2) is 15.3 Å². The number of carbonyl (C=O) groups excluding carboxylic acids is 1. The van der Waals surface area contributed by atoms with Gasteiger partial charge in [-0.2, -0.15) is 0 Å². The molecule has 0 aliphatic carbocycles. The number of hydrogen-bond donors (Lipinski definition) is 1. The fraction of sp³-hybridized carbons (Fsp3) is 0.385. The summed E-state index contributed by atoms with van der Waals surface area (Å²) in [6, 6.07) is 9.63. The number of thioether (sulfide) groups is 1. The maximum absolute atomic E-state index is 11.9. The first-order valence-corrected chi connectivity index (χ1v) is 7.33. The summed E-state index contributed by atoms with van der Waals surface area (Å²) in [5.74, 6) is 0.353. The Labute approximate surface area is 123 Å². The zero-order valence-electron chi connectivity index (χ0n) is 10.4. The highest BCUT2D eigenvalue weighted by atomic mass is 32.2. The Morgan fingerprint density at radius 1 is 1.39 bits per heavy atom. The van der Waals surface area contributed by atoms with Crippen LogP contribution in [0, 0.1) is 5.41 Å². The fourth-order valence-corrected chi connectivity index (χ4v) is 2.19. The normalized spacial score (nSPS) is 11.1. The van der Waals surface area contributed by atoms with Crippen molar-refractivity contribution in [3.05, 3.63) is 35.9 Å². The molecule has 0 bridgehead atoms. The van der Waals surface area contributed by atoms with Gasteiger partial charge in [0.25, 0.3) is 0 Å². The molecule has 1 rings (SSSR count). The predicted molar refractivity (Wildman–Crippen MR) is 84.1 cm³/mol. The second-order valence-corrected chi connectivity index (χ2v) is 7.20. The van der Waals surface area contributed by atoms with Crippen molar-refractivity contribution in [3.8, 4) is 0 Å². The molecule has 0 N–H and O–H groups in total. The molecular weight excluding hydrogens is 284 g/mol. The van der Waals surface area contributed by atoms with Crippen LogP contribution >= 0.6 is 36.6 Å². The van der Waals surface area contributed by atoms with Crippen molar-refractivity contribution in [2.45, 2.75) is 20.5 Å². The first kappa shape index (κ1) is 15.5. The summed E-state index contributed by atoms with van der Waals surface area (Å²) in [5, 5.41) is 0. The molecule has 0 saturated heterocycles. The van der Waals surface area contributed by atoms with Gasteiger partial charge in [-0.1, -0.05) is 42.5 Å². The van der Waals surface area contributed by atoms with Crippen LogP contribution in [-0.2, 0) is 16.1 Å². The van der Waals surface area contributed by atoms with E-state index in [1.165, 1.54) is 11.8 Å². The van der Waals surface area contributed by atoms with Gasteiger partial charge in [0.2, 0.25) is 0 Å². The van der Waals surface area contributed by atoms with E-state index in [1.54, 1.807) is 0 Å². The quantitative estimate of drug-likeness (QED) is 0.509. The fourth-order valence-electron chi connectivity index (χ4n) is 1.22. The van der Waals surface area contributed by atoms with E-state index < -0.39 is 5.41 Å². The molecule has 0 radical (unpaired) electrons. The highest BCUT2D eigenvalue weighted by molar-refractivity contribution is 8.41. The summed E-state index contributed by atoms with van der Waals surface area (Å²) in [4.78, 5) is 11.9. The van der Waals surface area contributed by atoms with Gasteiger partial charge in [-0.15, -0.1) is 24.4 Å². The van der Waals surface area contributed by atoms with Crippen LogP contribution in [0.25, 0.3) is 0 Å². The molecule has 0 amide bonds. The Morgan fingerprint density at radius 2 is 2.00 bits per heavy atom.